The van der Waals surface area contributed by atoms with Crippen LogP contribution in [0.15, 0.2) is 47.5 Å². The lowest BCUT2D eigenvalue weighted by molar-refractivity contribution is -0.113. The Kier molecular flexibility index (Phi) is 7.40. The average molecular weight is 423 g/mol. The van der Waals surface area contributed by atoms with Crippen LogP contribution < -0.4 is 18.9 Å². The maximum absolute atomic E-state index is 13.4. The molecule has 2 aromatic carbocycles. The molecule has 2 aromatic rings. The Balaban J connectivity index is 2.01. The first kappa shape index (κ1) is 22.5. The monoisotopic (exact) mass is 422 g/mol. The van der Waals surface area contributed by atoms with Crippen molar-refractivity contribution in [2.24, 2.45) is 5.92 Å². The van der Waals surface area contributed by atoms with Crippen molar-refractivity contribution in [3.05, 3.63) is 58.7 Å². The second-order valence-electron chi connectivity index (χ2n) is 7.57. The van der Waals surface area contributed by atoms with Gasteiger partial charge in [-0.25, -0.2) is 0 Å². The van der Waals surface area contributed by atoms with E-state index in [4.69, 9.17) is 18.9 Å². The van der Waals surface area contributed by atoms with Gasteiger partial charge in [0.05, 0.1) is 28.4 Å². The number of hydrogen-bond acceptors (Lipinski definition) is 5. The molecule has 5 heteroatoms. The molecule has 0 radical (unpaired) electrons. The van der Waals surface area contributed by atoms with Crippen LogP contribution in [0.2, 0.25) is 0 Å². The summed E-state index contributed by atoms with van der Waals surface area (Å²) in [6, 6.07) is 11.2. The standard InChI is InChI=1S/C26H30O5/c1-6-17-11-20(13-18-7-9-22(28-2)15-24(18)30-4)26(27)21(12-17)14-19-8-10-23(29-3)16-25(19)31-5/h7-10,13-17H,6,11-12H2,1-5H3/b20-13-,21-14+. The van der Waals surface area contributed by atoms with Gasteiger partial charge in [-0.1, -0.05) is 13.3 Å². The molecule has 0 amide bonds. The lowest BCUT2D eigenvalue weighted by Crippen LogP contribution is -2.19. The predicted molar refractivity (Wildman–Crippen MR) is 123 cm³/mol. The van der Waals surface area contributed by atoms with E-state index in [0.717, 1.165) is 41.5 Å². The van der Waals surface area contributed by atoms with E-state index in [9.17, 15) is 4.79 Å². The molecule has 1 fully saturated rings. The number of allylic oxidation sites excluding steroid dienone is 2. The minimum Gasteiger partial charge on any atom is -0.497 e. The smallest absolute Gasteiger partial charge is 0.185 e. The van der Waals surface area contributed by atoms with E-state index in [1.807, 2.05) is 48.6 Å². The maximum Gasteiger partial charge on any atom is 0.185 e. The first-order valence-corrected chi connectivity index (χ1v) is 10.4. The molecule has 0 heterocycles. The largest absolute Gasteiger partial charge is 0.497 e. The highest BCUT2D eigenvalue weighted by molar-refractivity contribution is 6.14. The molecule has 0 saturated heterocycles. The molecule has 0 spiro atoms. The van der Waals surface area contributed by atoms with Gasteiger partial charge in [0.25, 0.3) is 0 Å². The van der Waals surface area contributed by atoms with Gasteiger partial charge < -0.3 is 18.9 Å². The third-order valence-electron chi connectivity index (χ3n) is 5.72. The lowest BCUT2D eigenvalue weighted by Gasteiger charge is -2.25. The third-order valence-corrected chi connectivity index (χ3v) is 5.72. The summed E-state index contributed by atoms with van der Waals surface area (Å²) in [4.78, 5) is 13.4. The van der Waals surface area contributed by atoms with E-state index in [1.165, 1.54) is 0 Å². The number of carbonyl (C=O) groups is 1. The normalized spacial score (nSPS) is 18.9. The molecule has 1 saturated carbocycles. The van der Waals surface area contributed by atoms with Gasteiger partial charge in [-0.15, -0.1) is 0 Å². The number of Topliss-reactive ketones (excluding diaryl/α,β-unsaturated/α-hetero) is 1. The SMILES string of the molecule is CCC1C/C(=C/c2ccc(OC)cc2OC)C(=O)/C(=C/c2ccc(OC)cc2OC)C1. The van der Waals surface area contributed by atoms with Gasteiger partial charge in [0.2, 0.25) is 0 Å². The van der Waals surface area contributed by atoms with E-state index in [0.29, 0.717) is 28.9 Å². The van der Waals surface area contributed by atoms with Crippen molar-refractivity contribution in [3.8, 4) is 23.0 Å². The summed E-state index contributed by atoms with van der Waals surface area (Å²) >= 11 is 0. The third kappa shape index (κ3) is 5.10. The molecule has 0 aromatic heterocycles. The van der Waals surface area contributed by atoms with Gasteiger partial charge in [-0.05, 0) is 55.2 Å². The minimum atomic E-state index is 0.0699. The molecule has 0 N–H and O–H groups in total. The van der Waals surface area contributed by atoms with Gasteiger partial charge in [0.15, 0.2) is 5.78 Å². The van der Waals surface area contributed by atoms with Crippen molar-refractivity contribution in [2.45, 2.75) is 26.2 Å². The lowest BCUT2D eigenvalue weighted by atomic mass is 9.78. The fourth-order valence-electron chi connectivity index (χ4n) is 3.87. The van der Waals surface area contributed by atoms with E-state index >= 15 is 0 Å². The molecule has 3 rings (SSSR count). The van der Waals surface area contributed by atoms with Crippen molar-refractivity contribution < 1.29 is 23.7 Å². The van der Waals surface area contributed by atoms with Crippen molar-refractivity contribution in [3.63, 3.8) is 0 Å². The molecule has 31 heavy (non-hydrogen) atoms. The van der Waals surface area contributed by atoms with Crippen molar-refractivity contribution >= 4 is 17.9 Å². The quantitative estimate of drug-likeness (QED) is 0.546. The summed E-state index contributed by atoms with van der Waals surface area (Å²) in [5.74, 6) is 3.27. The van der Waals surface area contributed by atoms with Crippen molar-refractivity contribution in [1.29, 1.82) is 0 Å². The molecule has 1 unspecified atom stereocenters. The number of ether oxygens (including phenoxy) is 4. The van der Waals surface area contributed by atoms with Crippen LogP contribution in [0.25, 0.3) is 12.2 Å². The molecule has 5 nitrogen and oxygen atoms in total. The molecule has 164 valence electrons. The number of benzene rings is 2. The van der Waals surface area contributed by atoms with Gasteiger partial charge >= 0.3 is 0 Å². The van der Waals surface area contributed by atoms with Crippen LogP contribution in [0.5, 0.6) is 23.0 Å². The van der Waals surface area contributed by atoms with Gasteiger partial charge in [-0.3, -0.25) is 4.79 Å². The minimum absolute atomic E-state index is 0.0699. The van der Waals surface area contributed by atoms with Crippen LogP contribution in [0.3, 0.4) is 0 Å². The zero-order valence-electron chi connectivity index (χ0n) is 18.9. The Morgan fingerprint density at radius 3 is 1.58 bits per heavy atom. The highest BCUT2D eigenvalue weighted by Crippen LogP contribution is 2.37. The number of methoxy groups -OCH3 is 4. The fourth-order valence-corrected chi connectivity index (χ4v) is 3.87. The molecule has 1 aliphatic rings. The van der Waals surface area contributed by atoms with Crippen LogP contribution >= 0.6 is 0 Å². The Hall–Kier alpha value is -3.21. The van der Waals surface area contributed by atoms with Crippen molar-refractivity contribution in [1.82, 2.24) is 0 Å². The zero-order chi connectivity index (χ0) is 22.4. The fraction of sp³-hybridized carbons (Fsp3) is 0.346. The molecule has 1 aliphatic carbocycles. The summed E-state index contributed by atoms with van der Waals surface area (Å²) in [5, 5.41) is 0. The van der Waals surface area contributed by atoms with Crippen LogP contribution in [0.4, 0.5) is 0 Å². The zero-order valence-corrected chi connectivity index (χ0v) is 18.9. The summed E-state index contributed by atoms with van der Waals surface area (Å²) < 4.78 is 21.6. The second kappa shape index (κ2) is 10.2. The van der Waals surface area contributed by atoms with E-state index in [2.05, 4.69) is 6.92 Å². The Labute approximate surface area is 184 Å². The van der Waals surface area contributed by atoms with Crippen LogP contribution in [-0.2, 0) is 4.79 Å². The van der Waals surface area contributed by atoms with Gasteiger partial charge in [0.1, 0.15) is 23.0 Å². The van der Waals surface area contributed by atoms with Crippen molar-refractivity contribution in [2.75, 3.05) is 28.4 Å². The Morgan fingerprint density at radius 2 is 1.23 bits per heavy atom. The molecule has 0 aliphatic heterocycles. The predicted octanol–water partition coefficient (Wildman–Crippen LogP) is 5.58. The Morgan fingerprint density at radius 1 is 0.774 bits per heavy atom. The maximum atomic E-state index is 13.4. The van der Waals surface area contributed by atoms with Crippen LogP contribution in [0, 0.1) is 5.92 Å². The summed E-state index contributed by atoms with van der Waals surface area (Å²) in [6.07, 6.45) is 6.40. The van der Waals surface area contributed by atoms with Crippen LogP contribution in [0.1, 0.15) is 37.3 Å². The molecule has 1 atom stereocenters. The number of hydrogen-bond donors (Lipinski definition) is 0. The topological polar surface area (TPSA) is 54.0 Å². The van der Waals surface area contributed by atoms with E-state index in [1.54, 1.807) is 28.4 Å². The van der Waals surface area contributed by atoms with Gasteiger partial charge in [-0.2, -0.15) is 0 Å². The highest BCUT2D eigenvalue weighted by atomic mass is 16.5. The van der Waals surface area contributed by atoms with E-state index < -0.39 is 0 Å². The second-order valence-corrected chi connectivity index (χ2v) is 7.57. The Bertz CT molecular complexity index is 925. The summed E-state index contributed by atoms with van der Waals surface area (Å²) in [5.41, 5.74) is 3.31. The van der Waals surface area contributed by atoms with E-state index in [-0.39, 0.29) is 5.78 Å². The highest BCUT2D eigenvalue weighted by Gasteiger charge is 2.27. The van der Waals surface area contributed by atoms with Gasteiger partial charge in [0, 0.05) is 34.4 Å². The van der Waals surface area contributed by atoms with Crippen LogP contribution in [-0.4, -0.2) is 34.2 Å². The average Bonchev–Trinajstić information content (AvgIpc) is 2.81. The first-order chi connectivity index (χ1) is 15.0. The summed E-state index contributed by atoms with van der Waals surface area (Å²) in [7, 11) is 6.48. The number of carbonyl (C=O) groups excluding carboxylic acids is 1. The molecular formula is C26H30O5. The number of rotatable bonds is 7. The number of ketones is 1. The summed E-state index contributed by atoms with van der Waals surface area (Å²) in [6.45, 7) is 2.16. The first-order valence-electron chi connectivity index (χ1n) is 10.4. The molecule has 0 bridgehead atoms. The molecular weight excluding hydrogens is 392 g/mol.